The molecule has 0 fully saturated rings. The number of halogens is 1. The Morgan fingerprint density at radius 1 is 1.00 bits per heavy atom. The van der Waals surface area contributed by atoms with Gasteiger partial charge in [0.25, 0.3) is 0 Å². The molecule has 0 saturated heterocycles. The second kappa shape index (κ2) is 6.29. The summed E-state index contributed by atoms with van der Waals surface area (Å²) >= 11 is 0. The second-order valence-electron chi connectivity index (χ2n) is 2.51. The molecule has 0 spiro atoms. The normalized spacial score (nSPS) is 8.83. The Morgan fingerprint density at radius 2 is 1.50 bits per heavy atom. The largest absolute Gasteiger partial charge is 0.372 e. The summed E-state index contributed by atoms with van der Waals surface area (Å²) in [6, 6.07) is 10.5. The maximum atomic E-state index is 2.33. The SMILES string of the molecule is CCN(CC)c1ccccc1.I. The van der Waals surface area contributed by atoms with Crippen molar-refractivity contribution in [3.05, 3.63) is 30.3 Å². The van der Waals surface area contributed by atoms with Gasteiger partial charge in [0.2, 0.25) is 0 Å². The minimum Gasteiger partial charge on any atom is -0.372 e. The molecule has 0 saturated carbocycles. The molecule has 0 aromatic heterocycles. The van der Waals surface area contributed by atoms with Crippen molar-refractivity contribution < 1.29 is 0 Å². The molecule has 68 valence electrons. The van der Waals surface area contributed by atoms with E-state index in [-0.39, 0.29) is 24.0 Å². The molecule has 1 nitrogen and oxygen atoms in total. The van der Waals surface area contributed by atoms with Gasteiger partial charge in [0.1, 0.15) is 0 Å². The first-order valence-electron chi connectivity index (χ1n) is 4.18. The Bertz CT molecular complexity index is 194. The third kappa shape index (κ3) is 3.01. The lowest BCUT2D eigenvalue weighted by molar-refractivity contribution is 0.866. The number of para-hydroxylation sites is 1. The number of nitrogens with zero attached hydrogens (tertiary/aromatic N) is 1. The number of benzene rings is 1. The molecule has 1 rings (SSSR count). The zero-order chi connectivity index (χ0) is 8.10. The van der Waals surface area contributed by atoms with E-state index in [9.17, 15) is 0 Å². The highest BCUT2D eigenvalue weighted by Gasteiger charge is 1.97. The van der Waals surface area contributed by atoms with E-state index in [0.717, 1.165) is 13.1 Å². The van der Waals surface area contributed by atoms with Crippen LogP contribution in [0.4, 0.5) is 5.69 Å². The van der Waals surface area contributed by atoms with Gasteiger partial charge in [-0.05, 0) is 26.0 Å². The number of anilines is 1. The third-order valence-corrected chi connectivity index (χ3v) is 1.88. The molecule has 12 heavy (non-hydrogen) atoms. The Labute approximate surface area is 91.8 Å². The van der Waals surface area contributed by atoms with Gasteiger partial charge in [-0.15, -0.1) is 24.0 Å². The molecule has 0 amide bonds. The fourth-order valence-corrected chi connectivity index (χ4v) is 1.23. The Hall–Kier alpha value is -0.250. The number of rotatable bonds is 3. The Kier molecular flexibility index (Phi) is 6.16. The molecule has 0 aliphatic rings. The van der Waals surface area contributed by atoms with E-state index >= 15 is 0 Å². The quantitative estimate of drug-likeness (QED) is 0.767. The predicted octanol–water partition coefficient (Wildman–Crippen LogP) is 3.15. The van der Waals surface area contributed by atoms with Crippen LogP contribution in [-0.2, 0) is 0 Å². The average Bonchev–Trinajstić information content (AvgIpc) is 2.09. The summed E-state index contributed by atoms with van der Waals surface area (Å²) < 4.78 is 0. The van der Waals surface area contributed by atoms with Crippen LogP contribution in [0, 0.1) is 0 Å². The second-order valence-corrected chi connectivity index (χ2v) is 2.51. The van der Waals surface area contributed by atoms with Gasteiger partial charge in [-0.25, -0.2) is 0 Å². The predicted molar refractivity (Wildman–Crippen MR) is 65.4 cm³/mol. The van der Waals surface area contributed by atoms with Crippen molar-refractivity contribution in [2.24, 2.45) is 0 Å². The van der Waals surface area contributed by atoms with Crippen LogP contribution in [0.1, 0.15) is 13.8 Å². The van der Waals surface area contributed by atoms with Crippen LogP contribution < -0.4 is 4.90 Å². The van der Waals surface area contributed by atoms with E-state index in [0.29, 0.717) is 0 Å². The molecule has 0 aliphatic carbocycles. The smallest absolute Gasteiger partial charge is 0.0365 e. The summed E-state index contributed by atoms with van der Waals surface area (Å²) in [5.74, 6) is 0. The minimum absolute atomic E-state index is 0. The van der Waals surface area contributed by atoms with Crippen molar-refractivity contribution in [2.45, 2.75) is 13.8 Å². The van der Waals surface area contributed by atoms with E-state index in [1.807, 2.05) is 6.07 Å². The number of hydrogen-bond acceptors (Lipinski definition) is 1. The summed E-state index contributed by atoms with van der Waals surface area (Å²) in [5.41, 5.74) is 1.32. The molecule has 1 aromatic carbocycles. The van der Waals surface area contributed by atoms with Crippen molar-refractivity contribution in [1.29, 1.82) is 0 Å². The molecule has 0 N–H and O–H groups in total. The monoisotopic (exact) mass is 277 g/mol. The Balaban J connectivity index is 0.00000121. The highest BCUT2D eigenvalue weighted by molar-refractivity contribution is 14.0. The molecular weight excluding hydrogens is 261 g/mol. The standard InChI is InChI=1S/C10H15N.HI/c1-3-11(4-2)10-8-6-5-7-9-10;/h5-9H,3-4H2,1-2H3;1H. The topological polar surface area (TPSA) is 3.24 Å². The summed E-state index contributed by atoms with van der Waals surface area (Å²) in [6.45, 7) is 6.52. The Morgan fingerprint density at radius 3 is 1.92 bits per heavy atom. The first kappa shape index (κ1) is 11.8. The maximum Gasteiger partial charge on any atom is 0.0365 e. The van der Waals surface area contributed by atoms with Crippen molar-refractivity contribution in [2.75, 3.05) is 18.0 Å². The first-order valence-corrected chi connectivity index (χ1v) is 4.18. The van der Waals surface area contributed by atoms with Gasteiger partial charge >= 0.3 is 0 Å². The van der Waals surface area contributed by atoms with Crippen molar-refractivity contribution in [3.63, 3.8) is 0 Å². The van der Waals surface area contributed by atoms with E-state index in [2.05, 4.69) is 43.0 Å². The van der Waals surface area contributed by atoms with Crippen LogP contribution in [0.2, 0.25) is 0 Å². The summed E-state index contributed by atoms with van der Waals surface area (Å²) in [5, 5.41) is 0. The molecule has 0 bridgehead atoms. The van der Waals surface area contributed by atoms with Crippen LogP contribution >= 0.6 is 24.0 Å². The number of hydrogen-bond donors (Lipinski definition) is 0. The lowest BCUT2D eigenvalue weighted by atomic mass is 10.3. The van der Waals surface area contributed by atoms with Crippen LogP contribution in [0.3, 0.4) is 0 Å². The molecule has 0 unspecified atom stereocenters. The minimum atomic E-state index is 0. The van der Waals surface area contributed by atoms with E-state index in [1.165, 1.54) is 5.69 Å². The fourth-order valence-electron chi connectivity index (χ4n) is 1.23. The molecule has 1 aromatic rings. The van der Waals surface area contributed by atoms with Gasteiger partial charge in [0, 0.05) is 18.8 Å². The van der Waals surface area contributed by atoms with Gasteiger partial charge in [-0.1, -0.05) is 18.2 Å². The molecular formula is C10H16IN. The molecule has 0 heterocycles. The van der Waals surface area contributed by atoms with Gasteiger partial charge in [-0.2, -0.15) is 0 Å². The van der Waals surface area contributed by atoms with Gasteiger partial charge < -0.3 is 4.90 Å². The molecule has 0 radical (unpaired) electrons. The van der Waals surface area contributed by atoms with Gasteiger partial charge in [0.15, 0.2) is 0 Å². The van der Waals surface area contributed by atoms with E-state index < -0.39 is 0 Å². The summed E-state index contributed by atoms with van der Waals surface area (Å²) in [7, 11) is 0. The lowest BCUT2D eigenvalue weighted by Gasteiger charge is -2.20. The highest BCUT2D eigenvalue weighted by Crippen LogP contribution is 2.11. The van der Waals surface area contributed by atoms with Gasteiger partial charge in [0.05, 0.1) is 0 Å². The summed E-state index contributed by atoms with van der Waals surface area (Å²) in [6.07, 6.45) is 0. The van der Waals surface area contributed by atoms with Crippen molar-refractivity contribution >= 4 is 29.7 Å². The zero-order valence-electron chi connectivity index (χ0n) is 7.66. The zero-order valence-corrected chi connectivity index (χ0v) is 9.99. The first-order chi connectivity index (χ1) is 5.38. The third-order valence-electron chi connectivity index (χ3n) is 1.88. The lowest BCUT2D eigenvalue weighted by Crippen LogP contribution is -2.21. The van der Waals surface area contributed by atoms with Crippen LogP contribution in [-0.4, -0.2) is 13.1 Å². The highest BCUT2D eigenvalue weighted by atomic mass is 127. The molecule has 0 aliphatic heterocycles. The average molecular weight is 277 g/mol. The van der Waals surface area contributed by atoms with Crippen molar-refractivity contribution in [3.8, 4) is 0 Å². The van der Waals surface area contributed by atoms with Crippen LogP contribution in [0.15, 0.2) is 30.3 Å². The van der Waals surface area contributed by atoms with Crippen LogP contribution in [0.5, 0.6) is 0 Å². The van der Waals surface area contributed by atoms with E-state index in [4.69, 9.17) is 0 Å². The maximum absolute atomic E-state index is 2.33. The van der Waals surface area contributed by atoms with Crippen LogP contribution in [0.25, 0.3) is 0 Å². The van der Waals surface area contributed by atoms with Gasteiger partial charge in [-0.3, -0.25) is 0 Å². The van der Waals surface area contributed by atoms with Crippen molar-refractivity contribution in [1.82, 2.24) is 0 Å². The molecule has 0 atom stereocenters. The van der Waals surface area contributed by atoms with E-state index in [1.54, 1.807) is 0 Å². The fraction of sp³-hybridized carbons (Fsp3) is 0.400. The molecule has 2 heteroatoms. The summed E-state index contributed by atoms with van der Waals surface area (Å²) in [4.78, 5) is 2.33.